The predicted molar refractivity (Wildman–Crippen MR) is 72.5 cm³/mol. The molecule has 6 heteroatoms. The molecule has 104 valence electrons. The number of nitro benzene ring substituents is 1. The van der Waals surface area contributed by atoms with Crippen LogP contribution in [0.2, 0.25) is 0 Å². The highest BCUT2D eigenvalue weighted by Crippen LogP contribution is 2.19. The molecule has 0 aliphatic heterocycles. The van der Waals surface area contributed by atoms with Gasteiger partial charge >= 0.3 is 0 Å². The molecule has 1 amide bonds. The minimum absolute atomic E-state index is 0.0106. The molecule has 0 radical (unpaired) electrons. The van der Waals surface area contributed by atoms with Gasteiger partial charge in [0.15, 0.2) is 0 Å². The Bertz CT molecular complexity index is 462. The van der Waals surface area contributed by atoms with Crippen molar-refractivity contribution >= 4 is 11.6 Å². The number of benzene rings is 1. The maximum Gasteiger partial charge on any atom is 0.269 e. The third-order valence-corrected chi connectivity index (χ3v) is 2.88. The molecule has 2 atom stereocenters. The summed E-state index contributed by atoms with van der Waals surface area (Å²) in [6.45, 7) is 3.73. The van der Waals surface area contributed by atoms with E-state index in [1.54, 1.807) is 19.1 Å². The number of nitro groups is 1. The summed E-state index contributed by atoms with van der Waals surface area (Å²) in [4.78, 5) is 22.0. The molecule has 3 N–H and O–H groups in total. The summed E-state index contributed by atoms with van der Waals surface area (Å²) in [5.41, 5.74) is 6.41. The SMILES string of the molecule is CCC[C@H](N)C(=O)NC(C)c1cccc([N+](=O)[O-])c1. The Hall–Kier alpha value is -1.95. The number of amides is 1. The van der Waals surface area contributed by atoms with Gasteiger partial charge in [-0.15, -0.1) is 0 Å². The van der Waals surface area contributed by atoms with Gasteiger partial charge < -0.3 is 11.1 Å². The first kappa shape index (κ1) is 15.1. The van der Waals surface area contributed by atoms with Gasteiger partial charge in [-0.3, -0.25) is 14.9 Å². The van der Waals surface area contributed by atoms with Gasteiger partial charge in [-0.2, -0.15) is 0 Å². The van der Waals surface area contributed by atoms with Gasteiger partial charge in [-0.05, 0) is 18.9 Å². The Morgan fingerprint density at radius 1 is 1.53 bits per heavy atom. The summed E-state index contributed by atoms with van der Waals surface area (Å²) in [7, 11) is 0. The second-order valence-electron chi connectivity index (χ2n) is 4.48. The van der Waals surface area contributed by atoms with Crippen molar-refractivity contribution in [3.63, 3.8) is 0 Å². The number of nitrogens with one attached hydrogen (secondary N) is 1. The number of hydrogen-bond acceptors (Lipinski definition) is 4. The Labute approximate surface area is 112 Å². The molecule has 1 unspecified atom stereocenters. The number of rotatable bonds is 6. The molecule has 1 rings (SSSR count). The fraction of sp³-hybridized carbons (Fsp3) is 0.462. The van der Waals surface area contributed by atoms with Crippen LogP contribution in [0.1, 0.15) is 38.3 Å². The minimum atomic E-state index is -0.536. The number of carbonyl (C=O) groups excluding carboxylic acids is 1. The van der Waals surface area contributed by atoms with Gasteiger partial charge in [0.25, 0.3) is 5.69 Å². The van der Waals surface area contributed by atoms with Crippen molar-refractivity contribution in [3.8, 4) is 0 Å². The van der Waals surface area contributed by atoms with Crippen molar-refractivity contribution < 1.29 is 9.72 Å². The van der Waals surface area contributed by atoms with Crippen LogP contribution >= 0.6 is 0 Å². The molecule has 0 heterocycles. The molecular weight excluding hydrogens is 246 g/mol. The highest BCUT2D eigenvalue weighted by atomic mass is 16.6. The van der Waals surface area contributed by atoms with Crippen molar-refractivity contribution in [2.24, 2.45) is 5.73 Å². The molecule has 0 aromatic heterocycles. The number of hydrogen-bond donors (Lipinski definition) is 2. The van der Waals surface area contributed by atoms with Gasteiger partial charge in [-0.1, -0.05) is 25.5 Å². The third kappa shape index (κ3) is 4.33. The Morgan fingerprint density at radius 2 is 2.21 bits per heavy atom. The van der Waals surface area contributed by atoms with E-state index in [2.05, 4.69) is 5.32 Å². The minimum Gasteiger partial charge on any atom is -0.348 e. The van der Waals surface area contributed by atoms with Crippen LogP contribution in [-0.2, 0) is 4.79 Å². The van der Waals surface area contributed by atoms with Gasteiger partial charge in [0, 0.05) is 12.1 Å². The molecule has 0 spiro atoms. The Morgan fingerprint density at radius 3 is 2.79 bits per heavy atom. The second-order valence-corrected chi connectivity index (χ2v) is 4.48. The fourth-order valence-electron chi connectivity index (χ4n) is 1.75. The van der Waals surface area contributed by atoms with E-state index in [0.717, 1.165) is 6.42 Å². The van der Waals surface area contributed by atoms with Crippen LogP contribution in [0.15, 0.2) is 24.3 Å². The lowest BCUT2D eigenvalue weighted by Gasteiger charge is -2.17. The standard InChI is InChI=1S/C13H19N3O3/c1-3-5-12(14)13(17)15-9(2)10-6-4-7-11(8-10)16(18)19/h4,6-9,12H,3,5,14H2,1-2H3,(H,15,17)/t9?,12-/m0/s1. The van der Waals surface area contributed by atoms with Crippen molar-refractivity contribution in [1.82, 2.24) is 5.32 Å². The smallest absolute Gasteiger partial charge is 0.269 e. The van der Waals surface area contributed by atoms with E-state index in [0.29, 0.717) is 12.0 Å². The summed E-state index contributed by atoms with van der Waals surface area (Å²) in [5, 5.41) is 13.4. The highest BCUT2D eigenvalue weighted by Gasteiger charge is 2.17. The molecule has 6 nitrogen and oxygen atoms in total. The lowest BCUT2D eigenvalue weighted by molar-refractivity contribution is -0.384. The number of nitrogens with zero attached hydrogens (tertiary/aromatic N) is 1. The van der Waals surface area contributed by atoms with Crippen molar-refractivity contribution in [3.05, 3.63) is 39.9 Å². The number of nitrogens with two attached hydrogens (primary N) is 1. The van der Waals surface area contributed by atoms with E-state index in [1.165, 1.54) is 12.1 Å². The highest BCUT2D eigenvalue weighted by molar-refractivity contribution is 5.81. The molecule has 0 bridgehead atoms. The molecule has 19 heavy (non-hydrogen) atoms. The van der Waals surface area contributed by atoms with Crippen LogP contribution in [0, 0.1) is 10.1 Å². The van der Waals surface area contributed by atoms with E-state index in [1.807, 2.05) is 6.92 Å². The average molecular weight is 265 g/mol. The first-order chi connectivity index (χ1) is 8.95. The normalized spacial score (nSPS) is 13.6. The molecule has 1 aromatic rings. The predicted octanol–water partition coefficient (Wildman–Crippen LogP) is 1.90. The summed E-state index contributed by atoms with van der Waals surface area (Å²) in [5.74, 6) is -0.235. The van der Waals surface area contributed by atoms with E-state index in [4.69, 9.17) is 5.73 Å². The Balaban J connectivity index is 2.72. The van der Waals surface area contributed by atoms with Crippen LogP contribution < -0.4 is 11.1 Å². The molecule has 0 saturated carbocycles. The maximum absolute atomic E-state index is 11.8. The summed E-state index contributed by atoms with van der Waals surface area (Å²) < 4.78 is 0. The third-order valence-electron chi connectivity index (χ3n) is 2.88. The Kier molecular flexibility index (Phi) is 5.44. The quantitative estimate of drug-likeness (QED) is 0.606. The average Bonchev–Trinajstić information content (AvgIpc) is 2.39. The van der Waals surface area contributed by atoms with Crippen LogP contribution in [0.25, 0.3) is 0 Å². The van der Waals surface area contributed by atoms with Crippen LogP contribution in [0.4, 0.5) is 5.69 Å². The molecule has 0 aliphatic rings. The van der Waals surface area contributed by atoms with E-state index in [-0.39, 0.29) is 17.6 Å². The van der Waals surface area contributed by atoms with Crippen molar-refractivity contribution in [2.45, 2.75) is 38.8 Å². The summed E-state index contributed by atoms with van der Waals surface area (Å²) >= 11 is 0. The van der Waals surface area contributed by atoms with Crippen LogP contribution in [0.3, 0.4) is 0 Å². The van der Waals surface area contributed by atoms with Gasteiger partial charge in [0.1, 0.15) is 0 Å². The lowest BCUT2D eigenvalue weighted by Crippen LogP contribution is -2.41. The molecule has 0 saturated heterocycles. The van der Waals surface area contributed by atoms with Gasteiger partial charge in [0.05, 0.1) is 17.0 Å². The van der Waals surface area contributed by atoms with Gasteiger partial charge in [-0.25, -0.2) is 0 Å². The van der Waals surface area contributed by atoms with Crippen LogP contribution in [-0.4, -0.2) is 16.9 Å². The first-order valence-corrected chi connectivity index (χ1v) is 6.26. The molecule has 1 aromatic carbocycles. The number of carbonyl (C=O) groups is 1. The topological polar surface area (TPSA) is 98.3 Å². The summed E-state index contributed by atoms with van der Waals surface area (Å²) in [6, 6.07) is 5.36. The maximum atomic E-state index is 11.8. The molecular formula is C13H19N3O3. The fourth-order valence-corrected chi connectivity index (χ4v) is 1.75. The monoisotopic (exact) mass is 265 g/mol. The first-order valence-electron chi connectivity index (χ1n) is 6.26. The largest absolute Gasteiger partial charge is 0.348 e. The molecule has 0 fully saturated rings. The van der Waals surface area contributed by atoms with Crippen molar-refractivity contribution in [2.75, 3.05) is 0 Å². The molecule has 0 aliphatic carbocycles. The second kappa shape index (κ2) is 6.84. The van der Waals surface area contributed by atoms with Gasteiger partial charge in [0.2, 0.25) is 5.91 Å². The van der Waals surface area contributed by atoms with Crippen molar-refractivity contribution in [1.29, 1.82) is 0 Å². The van der Waals surface area contributed by atoms with E-state index < -0.39 is 11.0 Å². The zero-order chi connectivity index (χ0) is 14.4. The van der Waals surface area contributed by atoms with E-state index >= 15 is 0 Å². The zero-order valence-corrected chi connectivity index (χ0v) is 11.1. The van der Waals surface area contributed by atoms with Crippen LogP contribution in [0.5, 0.6) is 0 Å². The summed E-state index contributed by atoms with van der Waals surface area (Å²) in [6.07, 6.45) is 1.45. The lowest BCUT2D eigenvalue weighted by atomic mass is 10.1. The number of non-ortho nitro benzene ring substituents is 1. The van der Waals surface area contributed by atoms with E-state index in [9.17, 15) is 14.9 Å². The zero-order valence-electron chi connectivity index (χ0n) is 11.1.